The Hall–Kier alpha value is -1.76. The summed E-state index contributed by atoms with van der Waals surface area (Å²) in [5.74, 6) is -0.701. The Morgan fingerprint density at radius 2 is 2.20 bits per heavy atom. The fraction of sp³-hybridized carbons (Fsp3) is 0.462. The van der Waals surface area contributed by atoms with Crippen molar-refractivity contribution in [3.05, 3.63) is 29.8 Å². The number of rotatable bonds is 3. The first kappa shape index (κ1) is 14.6. The van der Waals surface area contributed by atoms with Crippen molar-refractivity contribution in [1.82, 2.24) is 10.2 Å². The SMILES string of the molecule is CN(C(=O)c1cccc(OC(F)(F)F)c1)C1CCNC1. The third-order valence-corrected chi connectivity index (χ3v) is 3.22. The molecule has 0 aromatic heterocycles. The molecular formula is C13H15F3N2O2. The quantitative estimate of drug-likeness (QED) is 0.925. The number of hydrogen-bond acceptors (Lipinski definition) is 3. The highest BCUT2D eigenvalue weighted by atomic mass is 19.4. The Bertz CT molecular complexity index is 485. The van der Waals surface area contributed by atoms with Gasteiger partial charge in [-0.25, -0.2) is 0 Å². The summed E-state index contributed by atoms with van der Waals surface area (Å²) in [6.45, 7) is 1.53. The molecular weight excluding hydrogens is 273 g/mol. The van der Waals surface area contributed by atoms with Crippen molar-refractivity contribution in [2.45, 2.75) is 18.8 Å². The summed E-state index contributed by atoms with van der Waals surface area (Å²) in [5, 5.41) is 3.13. The van der Waals surface area contributed by atoms with Crippen LogP contribution in [0.2, 0.25) is 0 Å². The standard InChI is InChI=1S/C13H15F3N2O2/c1-18(10-5-6-17-8-10)12(19)9-3-2-4-11(7-9)20-13(14,15)16/h2-4,7,10,17H,5-6,8H2,1H3. The molecule has 1 unspecified atom stereocenters. The van der Waals surface area contributed by atoms with E-state index in [-0.39, 0.29) is 23.3 Å². The van der Waals surface area contributed by atoms with Crippen LogP contribution in [0.15, 0.2) is 24.3 Å². The molecule has 0 radical (unpaired) electrons. The van der Waals surface area contributed by atoms with Crippen LogP contribution in [0.25, 0.3) is 0 Å². The van der Waals surface area contributed by atoms with Gasteiger partial charge in [-0.2, -0.15) is 0 Å². The first-order valence-electron chi connectivity index (χ1n) is 6.20. The van der Waals surface area contributed by atoms with E-state index in [4.69, 9.17) is 0 Å². The largest absolute Gasteiger partial charge is 0.573 e. The number of halogens is 3. The van der Waals surface area contributed by atoms with Crippen molar-refractivity contribution in [2.24, 2.45) is 0 Å². The van der Waals surface area contributed by atoms with E-state index in [1.807, 2.05) is 0 Å². The second kappa shape index (κ2) is 5.70. The van der Waals surface area contributed by atoms with E-state index in [1.165, 1.54) is 18.2 Å². The van der Waals surface area contributed by atoms with Crippen molar-refractivity contribution < 1.29 is 22.7 Å². The first-order valence-corrected chi connectivity index (χ1v) is 6.20. The molecule has 0 spiro atoms. The van der Waals surface area contributed by atoms with Crippen LogP contribution in [0, 0.1) is 0 Å². The normalized spacial score (nSPS) is 18.9. The van der Waals surface area contributed by atoms with E-state index in [0.29, 0.717) is 6.54 Å². The van der Waals surface area contributed by atoms with Crippen molar-refractivity contribution in [1.29, 1.82) is 0 Å². The average molecular weight is 288 g/mol. The van der Waals surface area contributed by atoms with Crippen molar-refractivity contribution in [3.8, 4) is 5.75 Å². The molecule has 0 aliphatic carbocycles. The van der Waals surface area contributed by atoms with Crippen LogP contribution in [-0.4, -0.2) is 43.3 Å². The summed E-state index contributed by atoms with van der Waals surface area (Å²) in [7, 11) is 1.65. The van der Waals surface area contributed by atoms with Gasteiger partial charge in [0.05, 0.1) is 0 Å². The molecule has 1 aromatic rings. The molecule has 1 aliphatic rings. The number of nitrogens with zero attached hydrogens (tertiary/aromatic N) is 1. The molecule has 1 saturated heterocycles. The topological polar surface area (TPSA) is 41.6 Å². The van der Waals surface area contributed by atoms with E-state index in [0.717, 1.165) is 19.0 Å². The number of nitrogens with one attached hydrogen (secondary N) is 1. The summed E-state index contributed by atoms with van der Waals surface area (Å²) in [6, 6.07) is 5.19. The molecule has 110 valence electrons. The predicted octanol–water partition coefficient (Wildman–Crippen LogP) is 2.02. The maximum absolute atomic E-state index is 12.2. The summed E-state index contributed by atoms with van der Waals surface area (Å²) in [5.41, 5.74) is 0.182. The minimum Gasteiger partial charge on any atom is -0.406 e. The van der Waals surface area contributed by atoms with E-state index in [9.17, 15) is 18.0 Å². The van der Waals surface area contributed by atoms with Crippen LogP contribution < -0.4 is 10.1 Å². The van der Waals surface area contributed by atoms with Gasteiger partial charge in [0.2, 0.25) is 0 Å². The Kier molecular flexibility index (Phi) is 4.17. The fourth-order valence-electron chi connectivity index (χ4n) is 2.17. The lowest BCUT2D eigenvalue weighted by atomic mass is 10.1. The van der Waals surface area contributed by atoms with Gasteiger partial charge in [0.15, 0.2) is 0 Å². The molecule has 4 nitrogen and oxygen atoms in total. The van der Waals surface area contributed by atoms with Crippen LogP contribution in [0.3, 0.4) is 0 Å². The Morgan fingerprint density at radius 1 is 1.45 bits per heavy atom. The second-order valence-corrected chi connectivity index (χ2v) is 4.64. The molecule has 1 aromatic carbocycles. The Labute approximate surface area is 114 Å². The van der Waals surface area contributed by atoms with Crippen molar-refractivity contribution in [2.75, 3.05) is 20.1 Å². The molecule has 1 aliphatic heterocycles. The lowest BCUT2D eigenvalue weighted by Gasteiger charge is -2.24. The molecule has 0 saturated carbocycles. The smallest absolute Gasteiger partial charge is 0.406 e. The molecule has 0 bridgehead atoms. The van der Waals surface area contributed by atoms with E-state index < -0.39 is 6.36 Å². The Balaban J connectivity index is 2.11. The highest BCUT2D eigenvalue weighted by Gasteiger charge is 2.31. The minimum atomic E-state index is -4.76. The number of ether oxygens (including phenoxy) is 1. The van der Waals surface area contributed by atoms with Crippen LogP contribution in [0.4, 0.5) is 13.2 Å². The third-order valence-electron chi connectivity index (χ3n) is 3.22. The number of carbonyl (C=O) groups excluding carboxylic acids is 1. The van der Waals surface area contributed by atoms with E-state index in [1.54, 1.807) is 11.9 Å². The first-order chi connectivity index (χ1) is 9.37. The van der Waals surface area contributed by atoms with Gasteiger partial charge < -0.3 is 15.0 Å². The number of carbonyl (C=O) groups is 1. The molecule has 1 N–H and O–H groups in total. The average Bonchev–Trinajstić information content (AvgIpc) is 2.89. The van der Waals surface area contributed by atoms with Gasteiger partial charge >= 0.3 is 6.36 Å². The van der Waals surface area contributed by atoms with Crippen LogP contribution in [0.1, 0.15) is 16.8 Å². The number of benzene rings is 1. The van der Waals surface area contributed by atoms with E-state index in [2.05, 4.69) is 10.1 Å². The second-order valence-electron chi connectivity index (χ2n) is 4.64. The third kappa shape index (κ3) is 3.63. The highest BCUT2D eigenvalue weighted by molar-refractivity contribution is 5.94. The van der Waals surface area contributed by atoms with Gasteiger partial charge in [0.1, 0.15) is 5.75 Å². The van der Waals surface area contributed by atoms with Crippen molar-refractivity contribution in [3.63, 3.8) is 0 Å². The molecule has 1 amide bonds. The molecule has 20 heavy (non-hydrogen) atoms. The Morgan fingerprint density at radius 3 is 2.80 bits per heavy atom. The monoisotopic (exact) mass is 288 g/mol. The molecule has 1 fully saturated rings. The maximum Gasteiger partial charge on any atom is 0.573 e. The van der Waals surface area contributed by atoms with Gasteiger partial charge in [-0.15, -0.1) is 13.2 Å². The van der Waals surface area contributed by atoms with Gasteiger partial charge in [-0.1, -0.05) is 6.07 Å². The van der Waals surface area contributed by atoms with Gasteiger partial charge in [0.25, 0.3) is 5.91 Å². The zero-order valence-electron chi connectivity index (χ0n) is 10.9. The number of amides is 1. The van der Waals surface area contributed by atoms with Gasteiger partial charge in [0, 0.05) is 25.2 Å². The van der Waals surface area contributed by atoms with Gasteiger partial charge in [-0.3, -0.25) is 4.79 Å². The van der Waals surface area contributed by atoms with Crippen LogP contribution >= 0.6 is 0 Å². The fourth-order valence-corrected chi connectivity index (χ4v) is 2.17. The molecule has 1 heterocycles. The van der Waals surface area contributed by atoms with Crippen LogP contribution in [0.5, 0.6) is 5.75 Å². The highest BCUT2D eigenvalue weighted by Crippen LogP contribution is 2.24. The molecule has 7 heteroatoms. The summed E-state index contributed by atoms with van der Waals surface area (Å²) < 4.78 is 40.3. The number of hydrogen-bond donors (Lipinski definition) is 1. The molecule has 2 rings (SSSR count). The minimum absolute atomic E-state index is 0.0645. The lowest BCUT2D eigenvalue weighted by Crippen LogP contribution is -2.38. The zero-order chi connectivity index (χ0) is 14.8. The summed E-state index contributed by atoms with van der Waals surface area (Å²) >= 11 is 0. The zero-order valence-corrected chi connectivity index (χ0v) is 10.9. The van der Waals surface area contributed by atoms with E-state index >= 15 is 0 Å². The number of likely N-dealkylation sites (N-methyl/N-ethyl adjacent to an activating group) is 1. The van der Waals surface area contributed by atoms with Crippen LogP contribution in [-0.2, 0) is 0 Å². The summed E-state index contributed by atoms with van der Waals surface area (Å²) in [4.78, 5) is 13.8. The summed E-state index contributed by atoms with van der Waals surface area (Å²) in [6.07, 6.45) is -3.93. The van der Waals surface area contributed by atoms with Gasteiger partial charge in [-0.05, 0) is 31.2 Å². The molecule has 1 atom stereocenters. The van der Waals surface area contributed by atoms with Crippen molar-refractivity contribution >= 4 is 5.91 Å². The lowest BCUT2D eigenvalue weighted by molar-refractivity contribution is -0.274. The maximum atomic E-state index is 12.2. The number of alkyl halides is 3. The predicted molar refractivity (Wildman–Crippen MR) is 66.5 cm³/mol.